The minimum absolute atomic E-state index is 0.179. The van der Waals surface area contributed by atoms with Gasteiger partial charge in [0, 0.05) is 36.7 Å². The molecular formula is C14H11N5OS. The van der Waals surface area contributed by atoms with Gasteiger partial charge in [0.15, 0.2) is 0 Å². The zero-order valence-electron chi connectivity index (χ0n) is 11.1. The van der Waals surface area contributed by atoms with E-state index in [1.807, 2.05) is 19.3 Å². The summed E-state index contributed by atoms with van der Waals surface area (Å²) in [7, 11) is 2.01. The molecule has 0 aliphatic carbocycles. The Morgan fingerprint density at radius 3 is 3.00 bits per heavy atom. The Labute approximate surface area is 123 Å². The van der Waals surface area contributed by atoms with Crippen LogP contribution in [0, 0.1) is 0 Å². The minimum Gasteiger partial charge on any atom is -0.350 e. The van der Waals surface area contributed by atoms with Crippen LogP contribution >= 0.6 is 11.3 Å². The minimum atomic E-state index is -0.179. The van der Waals surface area contributed by atoms with E-state index in [0.717, 1.165) is 11.2 Å². The summed E-state index contributed by atoms with van der Waals surface area (Å²) in [6, 6.07) is 9.56. The van der Waals surface area contributed by atoms with Crippen LogP contribution in [0.4, 0.5) is 10.8 Å². The molecule has 0 aliphatic rings. The number of rotatable bonds is 2. The summed E-state index contributed by atoms with van der Waals surface area (Å²) in [5.74, 6) is 0. The summed E-state index contributed by atoms with van der Waals surface area (Å²) < 4.78 is 3.36. The maximum absolute atomic E-state index is 11.7. The van der Waals surface area contributed by atoms with Crippen molar-refractivity contribution in [3.05, 3.63) is 53.1 Å². The van der Waals surface area contributed by atoms with Crippen LogP contribution in [0.1, 0.15) is 0 Å². The summed E-state index contributed by atoms with van der Waals surface area (Å²) in [6.45, 7) is 0. The molecule has 0 aliphatic heterocycles. The second kappa shape index (κ2) is 4.42. The highest BCUT2D eigenvalue weighted by Crippen LogP contribution is 2.24. The van der Waals surface area contributed by atoms with Crippen LogP contribution in [-0.2, 0) is 7.05 Å². The van der Waals surface area contributed by atoms with Gasteiger partial charge in [0.25, 0.3) is 5.56 Å². The van der Waals surface area contributed by atoms with Gasteiger partial charge in [-0.2, -0.15) is 4.52 Å². The van der Waals surface area contributed by atoms with Crippen LogP contribution in [0.25, 0.3) is 15.9 Å². The standard InChI is InChI=1S/C14H11N5OS/c1-18-7-5-9-2-3-10(8-11(9)18)16-13-17-19-12(20)4-6-15-14(19)21-13/h2-8H,1H3,(H,16,17). The van der Waals surface area contributed by atoms with Crippen molar-refractivity contribution in [1.29, 1.82) is 0 Å². The van der Waals surface area contributed by atoms with Crippen molar-refractivity contribution < 1.29 is 0 Å². The lowest BCUT2D eigenvalue weighted by Gasteiger charge is -2.03. The van der Waals surface area contributed by atoms with Gasteiger partial charge in [0.2, 0.25) is 10.1 Å². The Morgan fingerprint density at radius 1 is 1.24 bits per heavy atom. The molecule has 0 saturated carbocycles. The summed E-state index contributed by atoms with van der Waals surface area (Å²) in [5.41, 5.74) is 1.88. The molecule has 0 spiro atoms. The Kier molecular flexibility index (Phi) is 2.55. The molecule has 3 heterocycles. The molecule has 1 aromatic carbocycles. The zero-order valence-corrected chi connectivity index (χ0v) is 12.0. The van der Waals surface area contributed by atoms with Crippen molar-refractivity contribution in [3.63, 3.8) is 0 Å². The average molecular weight is 297 g/mol. The summed E-state index contributed by atoms with van der Waals surface area (Å²) in [5, 5.41) is 9.29. The van der Waals surface area contributed by atoms with Crippen LogP contribution in [0.3, 0.4) is 0 Å². The van der Waals surface area contributed by atoms with Crippen molar-refractivity contribution in [3.8, 4) is 0 Å². The monoisotopic (exact) mass is 297 g/mol. The number of benzene rings is 1. The van der Waals surface area contributed by atoms with Gasteiger partial charge in [-0.05, 0) is 23.6 Å². The summed E-state index contributed by atoms with van der Waals surface area (Å²) in [4.78, 5) is 16.4. The quantitative estimate of drug-likeness (QED) is 0.617. The van der Waals surface area contributed by atoms with E-state index in [9.17, 15) is 4.79 Å². The van der Waals surface area contributed by atoms with Crippen molar-refractivity contribution >= 4 is 38.0 Å². The lowest BCUT2D eigenvalue weighted by Crippen LogP contribution is -2.12. The fraction of sp³-hybridized carbons (Fsp3) is 0.0714. The topological polar surface area (TPSA) is 64.2 Å². The number of nitrogens with one attached hydrogen (secondary N) is 1. The fourth-order valence-corrected chi connectivity index (χ4v) is 3.05. The number of hydrogen-bond donors (Lipinski definition) is 1. The van der Waals surface area contributed by atoms with Gasteiger partial charge in [0.05, 0.1) is 0 Å². The highest BCUT2D eigenvalue weighted by molar-refractivity contribution is 7.20. The molecule has 0 unspecified atom stereocenters. The molecule has 3 aromatic heterocycles. The SMILES string of the molecule is Cn1ccc2ccc(Nc3nn4c(=O)ccnc4s3)cc21. The first-order valence-corrected chi connectivity index (χ1v) is 7.19. The normalized spacial score (nSPS) is 11.3. The molecule has 0 amide bonds. The van der Waals surface area contributed by atoms with Crippen LogP contribution in [-0.4, -0.2) is 19.2 Å². The molecule has 0 bridgehead atoms. The molecule has 0 atom stereocenters. The van der Waals surface area contributed by atoms with Gasteiger partial charge < -0.3 is 9.88 Å². The summed E-state index contributed by atoms with van der Waals surface area (Å²) >= 11 is 1.34. The van der Waals surface area contributed by atoms with E-state index < -0.39 is 0 Å². The molecule has 4 aromatic rings. The van der Waals surface area contributed by atoms with Crippen LogP contribution < -0.4 is 10.9 Å². The lowest BCUT2D eigenvalue weighted by molar-refractivity contribution is 0.903. The van der Waals surface area contributed by atoms with Crippen LogP contribution in [0.5, 0.6) is 0 Å². The molecule has 0 saturated heterocycles. The van der Waals surface area contributed by atoms with E-state index >= 15 is 0 Å². The molecular weight excluding hydrogens is 286 g/mol. The van der Waals surface area contributed by atoms with Crippen molar-refractivity contribution in [2.75, 3.05) is 5.32 Å². The molecule has 6 nitrogen and oxygen atoms in total. The second-order valence-electron chi connectivity index (χ2n) is 4.71. The molecule has 0 radical (unpaired) electrons. The van der Waals surface area contributed by atoms with Crippen molar-refractivity contribution in [2.45, 2.75) is 0 Å². The number of anilines is 2. The van der Waals surface area contributed by atoms with Gasteiger partial charge in [-0.15, -0.1) is 5.10 Å². The highest BCUT2D eigenvalue weighted by Gasteiger charge is 2.07. The Balaban J connectivity index is 1.76. The predicted molar refractivity (Wildman–Crippen MR) is 83.3 cm³/mol. The molecule has 7 heteroatoms. The predicted octanol–water partition coefficient (Wildman–Crippen LogP) is 2.39. The zero-order chi connectivity index (χ0) is 14.4. The lowest BCUT2D eigenvalue weighted by atomic mass is 10.2. The van der Waals surface area contributed by atoms with Gasteiger partial charge in [-0.25, -0.2) is 4.98 Å². The largest absolute Gasteiger partial charge is 0.350 e. The number of nitrogens with zero attached hydrogens (tertiary/aromatic N) is 4. The third-order valence-electron chi connectivity index (χ3n) is 3.31. The first-order chi connectivity index (χ1) is 10.2. The van der Waals surface area contributed by atoms with Crippen molar-refractivity contribution in [1.82, 2.24) is 19.2 Å². The Morgan fingerprint density at radius 2 is 2.14 bits per heavy atom. The Hall–Kier alpha value is -2.67. The van der Waals surface area contributed by atoms with Gasteiger partial charge in [-0.3, -0.25) is 4.79 Å². The maximum atomic E-state index is 11.7. The first kappa shape index (κ1) is 12.1. The first-order valence-electron chi connectivity index (χ1n) is 6.38. The number of fused-ring (bicyclic) bond motifs is 2. The van der Waals surface area contributed by atoms with Gasteiger partial charge in [-0.1, -0.05) is 17.4 Å². The van der Waals surface area contributed by atoms with Crippen LogP contribution in [0.2, 0.25) is 0 Å². The Bertz CT molecular complexity index is 1010. The molecule has 104 valence electrons. The van der Waals surface area contributed by atoms with Gasteiger partial charge in [0.1, 0.15) is 0 Å². The van der Waals surface area contributed by atoms with E-state index in [4.69, 9.17) is 0 Å². The fourth-order valence-electron chi connectivity index (χ4n) is 2.26. The maximum Gasteiger partial charge on any atom is 0.275 e. The second-order valence-corrected chi connectivity index (χ2v) is 5.67. The molecule has 21 heavy (non-hydrogen) atoms. The van der Waals surface area contributed by atoms with E-state index in [1.165, 1.54) is 33.5 Å². The smallest absolute Gasteiger partial charge is 0.275 e. The van der Waals surface area contributed by atoms with E-state index in [-0.39, 0.29) is 5.56 Å². The van der Waals surface area contributed by atoms with E-state index in [0.29, 0.717) is 10.1 Å². The third kappa shape index (κ3) is 1.98. The highest BCUT2D eigenvalue weighted by atomic mass is 32.1. The summed E-state index contributed by atoms with van der Waals surface area (Å²) in [6.07, 6.45) is 3.52. The molecule has 0 fully saturated rings. The van der Waals surface area contributed by atoms with Crippen LogP contribution in [0.15, 0.2) is 47.5 Å². The van der Waals surface area contributed by atoms with E-state index in [1.54, 1.807) is 0 Å². The number of aromatic nitrogens is 4. The van der Waals surface area contributed by atoms with Crippen molar-refractivity contribution in [2.24, 2.45) is 7.05 Å². The van der Waals surface area contributed by atoms with Gasteiger partial charge >= 0.3 is 0 Å². The molecule has 4 rings (SSSR count). The number of aryl methyl sites for hydroxylation is 1. The number of hydrogen-bond acceptors (Lipinski definition) is 5. The third-order valence-corrected chi connectivity index (χ3v) is 4.15. The molecule has 1 N–H and O–H groups in total. The van der Waals surface area contributed by atoms with E-state index in [2.05, 4.69) is 38.2 Å². The average Bonchev–Trinajstić information content (AvgIpc) is 3.04.